The second-order valence-corrected chi connectivity index (χ2v) is 4.74. The molecule has 7 heteroatoms. The van der Waals surface area contributed by atoms with Crippen molar-refractivity contribution in [1.29, 1.82) is 0 Å². The van der Waals surface area contributed by atoms with Crippen molar-refractivity contribution in [2.24, 2.45) is 0 Å². The molecule has 0 aliphatic carbocycles. The van der Waals surface area contributed by atoms with E-state index >= 15 is 0 Å². The van der Waals surface area contributed by atoms with Crippen LogP contribution in [0.25, 0.3) is 11.0 Å². The topological polar surface area (TPSA) is 92.0 Å². The molecule has 0 unspecified atom stereocenters. The first kappa shape index (κ1) is 11.8. The number of carboxylic acid groups (broad SMARTS) is 1. The van der Waals surface area contributed by atoms with Crippen molar-refractivity contribution in [3.8, 4) is 0 Å². The molecule has 1 aromatic carbocycles. The molecule has 96 valence electrons. The fourth-order valence-electron chi connectivity index (χ4n) is 1.83. The molecule has 19 heavy (non-hydrogen) atoms. The quantitative estimate of drug-likeness (QED) is 0.711. The maximum atomic E-state index is 11.4. The van der Waals surface area contributed by atoms with Crippen molar-refractivity contribution >= 4 is 28.7 Å². The van der Waals surface area contributed by atoms with Gasteiger partial charge in [0.25, 0.3) is 0 Å². The van der Waals surface area contributed by atoms with Gasteiger partial charge in [0, 0.05) is 5.39 Å². The van der Waals surface area contributed by atoms with Crippen LogP contribution in [0.2, 0.25) is 0 Å². The number of aromatic carboxylic acids is 1. The van der Waals surface area contributed by atoms with Crippen LogP contribution in [0.5, 0.6) is 0 Å². The molecule has 0 spiro atoms. The van der Waals surface area contributed by atoms with Gasteiger partial charge in [-0.1, -0.05) is 30.0 Å². The minimum atomic E-state index is -0.988. The van der Waals surface area contributed by atoms with Gasteiger partial charge in [0.15, 0.2) is 5.16 Å². The van der Waals surface area contributed by atoms with Crippen molar-refractivity contribution in [3.05, 3.63) is 41.9 Å². The summed E-state index contributed by atoms with van der Waals surface area (Å²) in [4.78, 5) is 15.3. The number of aromatic nitrogens is 3. The Hall–Kier alpha value is -2.28. The molecule has 0 bridgehead atoms. The molecule has 0 saturated carbocycles. The van der Waals surface area contributed by atoms with E-state index in [1.807, 2.05) is 6.07 Å². The lowest BCUT2D eigenvalue weighted by Gasteiger charge is -1.96. The van der Waals surface area contributed by atoms with Crippen LogP contribution in [-0.2, 0) is 5.75 Å². The summed E-state index contributed by atoms with van der Waals surface area (Å²) in [5, 5.41) is 17.0. The Morgan fingerprint density at radius 1 is 1.42 bits per heavy atom. The Bertz CT molecular complexity index is 721. The number of thioether (sulfide) groups is 1. The SMILES string of the molecule is O=C(O)c1c(CSc2ncn[nH]2)oc2ccccc12. The number of benzene rings is 1. The van der Waals surface area contributed by atoms with E-state index in [0.29, 0.717) is 27.6 Å². The first-order chi connectivity index (χ1) is 9.25. The van der Waals surface area contributed by atoms with Gasteiger partial charge in [-0.05, 0) is 6.07 Å². The minimum absolute atomic E-state index is 0.211. The molecule has 0 aliphatic rings. The normalized spacial score (nSPS) is 10.9. The summed E-state index contributed by atoms with van der Waals surface area (Å²) >= 11 is 1.34. The van der Waals surface area contributed by atoms with E-state index in [-0.39, 0.29) is 5.56 Å². The standard InChI is InChI=1S/C12H9N3O3S/c16-11(17)10-7-3-1-2-4-8(7)18-9(10)5-19-12-13-6-14-15-12/h1-4,6H,5H2,(H,16,17)(H,13,14,15). The van der Waals surface area contributed by atoms with Crippen molar-refractivity contribution < 1.29 is 14.3 Å². The van der Waals surface area contributed by atoms with Gasteiger partial charge in [-0.25, -0.2) is 9.78 Å². The second-order valence-electron chi connectivity index (χ2n) is 3.78. The van der Waals surface area contributed by atoms with E-state index in [2.05, 4.69) is 15.2 Å². The van der Waals surface area contributed by atoms with Gasteiger partial charge >= 0.3 is 5.97 Å². The van der Waals surface area contributed by atoms with Crippen LogP contribution >= 0.6 is 11.8 Å². The average Bonchev–Trinajstić information content (AvgIpc) is 3.03. The number of fused-ring (bicyclic) bond motifs is 1. The van der Waals surface area contributed by atoms with Crippen LogP contribution in [0, 0.1) is 0 Å². The minimum Gasteiger partial charge on any atom is -0.478 e. The number of rotatable bonds is 4. The lowest BCUT2D eigenvalue weighted by atomic mass is 10.1. The molecular formula is C12H9N3O3S. The van der Waals surface area contributed by atoms with Crippen molar-refractivity contribution in [3.63, 3.8) is 0 Å². The van der Waals surface area contributed by atoms with Crippen LogP contribution in [0.1, 0.15) is 16.1 Å². The molecule has 6 nitrogen and oxygen atoms in total. The van der Waals surface area contributed by atoms with Gasteiger partial charge in [-0.15, -0.1) is 0 Å². The Kier molecular flexibility index (Phi) is 2.96. The molecule has 2 N–H and O–H groups in total. The van der Waals surface area contributed by atoms with Gasteiger partial charge in [0.2, 0.25) is 0 Å². The predicted molar refractivity (Wildman–Crippen MR) is 69.1 cm³/mol. The summed E-state index contributed by atoms with van der Waals surface area (Å²) in [5.41, 5.74) is 0.788. The fraction of sp³-hybridized carbons (Fsp3) is 0.0833. The molecular weight excluding hydrogens is 266 g/mol. The van der Waals surface area contributed by atoms with Crippen molar-refractivity contribution in [2.75, 3.05) is 0 Å². The number of H-pyrrole nitrogens is 1. The molecule has 2 aromatic heterocycles. The van der Waals surface area contributed by atoms with Crippen LogP contribution in [0.15, 0.2) is 40.2 Å². The van der Waals surface area contributed by atoms with E-state index in [1.165, 1.54) is 18.1 Å². The first-order valence-corrected chi connectivity index (χ1v) is 6.46. The van der Waals surface area contributed by atoms with Crippen LogP contribution < -0.4 is 0 Å². The van der Waals surface area contributed by atoms with Crippen LogP contribution in [0.4, 0.5) is 0 Å². The van der Waals surface area contributed by atoms with Crippen LogP contribution in [0.3, 0.4) is 0 Å². The number of nitrogens with zero attached hydrogens (tertiary/aromatic N) is 2. The molecule has 0 amide bonds. The molecule has 0 fully saturated rings. The third kappa shape index (κ3) is 2.19. The highest BCUT2D eigenvalue weighted by Gasteiger charge is 2.20. The van der Waals surface area contributed by atoms with Gasteiger partial charge in [0.05, 0.1) is 5.75 Å². The monoisotopic (exact) mass is 275 g/mol. The van der Waals surface area contributed by atoms with Crippen molar-refractivity contribution in [2.45, 2.75) is 10.9 Å². The Labute approximate surface area is 111 Å². The Morgan fingerprint density at radius 2 is 2.26 bits per heavy atom. The van der Waals surface area contributed by atoms with E-state index in [0.717, 1.165) is 0 Å². The zero-order valence-corrected chi connectivity index (χ0v) is 10.5. The number of carboxylic acids is 1. The molecule has 0 atom stereocenters. The average molecular weight is 275 g/mol. The fourth-order valence-corrected chi connectivity index (χ4v) is 2.54. The summed E-state index contributed by atoms with van der Waals surface area (Å²) in [6.07, 6.45) is 1.40. The summed E-state index contributed by atoms with van der Waals surface area (Å²) < 4.78 is 5.60. The van der Waals surface area contributed by atoms with E-state index < -0.39 is 5.97 Å². The molecule has 2 heterocycles. The van der Waals surface area contributed by atoms with Gasteiger partial charge < -0.3 is 9.52 Å². The highest BCUT2D eigenvalue weighted by Crippen LogP contribution is 2.30. The molecule has 0 aliphatic heterocycles. The van der Waals surface area contributed by atoms with Gasteiger partial charge in [-0.2, -0.15) is 5.10 Å². The number of para-hydroxylation sites is 1. The first-order valence-electron chi connectivity index (χ1n) is 5.47. The molecule has 3 aromatic rings. The third-order valence-electron chi connectivity index (χ3n) is 2.62. The number of nitrogens with one attached hydrogen (secondary N) is 1. The zero-order valence-electron chi connectivity index (χ0n) is 9.66. The molecule has 3 rings (SSSR count). The maximum Gasteiger partial charge on any atom is 0.339 e. The summed E-state index contributed by atoms with van der Waals surface area (Å²) in [6, 6.07) is 7.10. The van der Waals surface area contributed by atoms with Crippen molar-refractivity contribution in [1.82, 2.24) is 15.2 Å². The lowest BCUT2D eigenvalue weighted by molar-refractivity contribution is 0.0697. The van der Waals surface area contributed by atoms with E-state index in [4.69, 9.17) is 4.42 Å². The lowest BCUT2D eigenvalue weighted by Crippen LogP contribution is -1.98. The number of carbonyl (C=O) groups is 1. The largest absolute Gasteiger partial charge is 0.478 e. The van der Waals surface area contributed by atoms with Crippen LogP contribution in [-0.4, -0.2) is 26.3 Å². The Morgan fingerprint density at radius 3 is 3.00 bits per heavy atom. The number of aromatic amines is 1. The number of furan rings is 1. The van der Waals surface area contributed by atoms with Gasteiger partial charge in [-0.3, -0.25) is 5.10 Å². The van der Waals surface area contributed by atoms with Gasteiger partial charge in [0.1, 0.15) is 23.2 Å². The third-order valence-corrected chi connectivity index (χ3v) is 3.49. The zero-order chi connectivity index (χ0) is 13.2. The summed E-state index contributed by atoms with van der Waals surface area (Å²) in [5.74, 6) is -0.181. The highest BCUT2D eigenvalue weighted by atomic mass is 32.2. The smallest absolute Gasteiger partial charge is 0.339 e. The number of hydrogen-bond acceptors (Lipinski definition) is 5. The summed E-state index contributed by atoms with van der Waals surface area (Å²) in [7, 11) is 0. The maximum absolute atomic E-state index is 11.4. The number of hydrogen-bond donors (Lipinski definition) is 2. The molecule has 0 saturated heterocycles. The predicted octanol–water partition coefficient (Wildman–Crippen LogP) is 2.54. The molecule has 0 radical (unpaired) electrons. The van der Waals surface area contributed by atoms with E-state index in [9.17, 15) is 9.90 Å². The van der Waals surface area contributed by atoms with E-state index in [1.54, 1.807) is 18.2 Å². The summed E-state index contributed by atoms with van der Waals surface area (Å²) in [6.45, 7) is 0. The Balaban J connectivity index is 1.98. The highest BCUT2D eigenvalue weighted by molar-refractivity contribution is 7.98. The second kappa shape index (κ2) is 4.77.